The molecule has 0 fully saturated rings. The summed E-state index contributed by atoms with van der Waals surface area (Å²) < 4.78 is 17.4. The quantitative estimate of drug-likeness (QED) is 0.205. The summed E-state index contributed by atoms with van der Waals surface area (Å²) in [4.78, 5) is 0. The van der Waals surface area contributed by atoms with Crippen molar-refractivity contribution in [3.63, 3.8) is 0 Å². The number of pyridine rings is 2. The monoisotopic (exact) mass is 448 g/mol. The number of benzene rings is 4. The molecule has 1 spiro atoms. The van der Waals surface area contributed by atoms with Crippen LogP contribution in [0, 0.1) is 0 Å². The lowest BCUT2D eigenvalue weighted by Gasteiger charge is -2.25. The van der Waals surface area contributed by atoms with Crippen LogP contribution in [0.2, 0.25) is 0 Å². The SMILES string of the molecule is c1cc2c3c(c1)-c1cccc[n+]1C31c3c(ccc4c5cc6ccoc6cc5c5ccc[n+]1c5c34)O2. The van der Waals surface area contributed by atoms with Crippen molar-refractivity contribution in [2.24, 2.45) is 0 Å². The highest BCUT2D eigenvalue weighted by Crippen LogP contribution is 2.57. The third-order valence-corrected chi connectivity index (χ3v) is 8.35. The van der Waals surface area contributed by atoms with Gasteiger partial charge in [-0.15, -0.1) is 9.13 Å². The molecule has 0 saturated carbocycles. The molecular formula is C31H16N2O2+2. The van der Waals surface area contributed by atoms with E-state index in [-0.39, 0.29) is 0 Å². The first-order valence-electron chi connectivity index (χ1n) is 11.9. The number of furan rings is 1. The van der Waals surface area contributed by atoms with Gasteiger partial charge < -0.3 is 9.15 Å². The van der Waals surface area contributed by atoms with E-state index in [2.05, 4.69) is 94.3 Å². The zero-order chi connectivity index (χ0) is 22.5. The standard InChI is InChI=1S/C31H16N2O2/c1-2-12-32-23(7-1)20-5-3-8-24-28(20)31(32)29-25(35-24)10-9-18-21-15-17-11-14-34-26(17)16-22(21)19-6-4-13-33(31)30(19)27(18)29/h1-16H/q+2. The zero-order valence-corrected chi connectivity index (χ0v) is 18.4. The number of ether oxygens (including phenoxy) is 1. The molecule has 3 aromatic heterocycles. The van der Waals surface area contributed by atoms with Gasteiger partial charge in [0.25, 0.3) is 0 Å². The molecule has 1 atom stereocenters. The molecule has 0 bridgehead atoms. The summed E-state index contributed by atoms with van der Waals surface area (Å²) in [7, 11) is 0. The van der Waals surface area contributed by atoms with E-state index in [0.29, 0.717) is 0 Å². The van der Waals surface area contributed by atoms with Gasteiger partial charge in [0.1, 0.15) is 17.1 Å². The largest absolute Gasteiger partial charge is 0.464 e. The predicted octanol–water partition coefficient (Wildman–Crippen LogP) is 6.16. The van der Waals surface area contributed by atoms with Crippen molar-refractivity contribution in [1.82, 2.24) is 0 Å². The number of aromatic nitrogens is 2. The van der Waals surface area contributed by atoms with Crippen LogP contribution in [0.1, 0.15) is 11.1 Å². The highest BCUT2D eigenvalue weighted by Gasteiger charge is 2.70. The molecule has 1 unspecified atom stereocenters. The number of hydrogen-bond donors (Lipinski definition) is 0. The summed E-state index contributed by atoms with van der Waals surface area (Å²) in [6, 6.07) is 28.2. The molecule has 4 aromatic carbocycles. The van der Waals surface area contributed by atoms with Crippen molar-refractivity contribution in [1.29, 1.82) is 0 Å². The fourth-order valence-corrected chi connectivity index (χ4v) is 7.17. The van der Waals surface area contributed by atoms with Crippen molar-refractivity contribution >= 4 is 43.4 Å². The van der Waals surface area contributed by atoms with E-state index >= 15 is 0 Å². The maximum atomic E-state index is 6.64. The van der Waals surface area contributed by atoms with Gasteiger partial charge in [-0.3, -0.25) is 0 Å². The van der Waals surface area contributed by atoms with E-state index in [4.69, 9.17) is 9.15 Å². The van der Waals surface area contributed by atoms with Gasteiger partial charge in [0.2, 0.25) is 11.2 Å². The first-order valence-corrected chi connectivity index (χ1v) is 11.9. The van der Waals surface area contributed by atoms with E-state index in [0.717, 1.165) is 22.5 Å². The van der Waals surface area contributed by atoms with Crippen LogP contribution in [-0.4, -0.2) is 0 Å². The Morgan fingerprint density at radius 3 is 2.57 bits per heavy atom. The average Bonchev–Trinajstić information content (AvgIpc) is 3.58. The minimum atomic E-state index is -0.520. The predicted molar refractivity (Wildman–Crippen MR) is 133 cm³/mol. The molecule has 0 radical (unpaired) electrons. The summed E-state index contributed by atoms with van der Waals surface area (Å²) in [6.45, 7) is 0. The van der Waals surface area contributed by atoms with Gasteiger partial charge >= 0.3 is 5.66 Å². The maximum Gasteiger partial charge on any atom is 0.425 e. The molecular weight excluding hydrogens is 432 g/mol. The van der Waals surface area contributed by atoms with Crippen LogP contribution in [0.5, 0.6) is 11.5 Å². The van der Waals surface area contributed by atoms with Gasteiger partial charge in [-0.2, -0.15) is 0 Å². The highest BCUT2D eigenvalue weighted by atomic mass is 16.5. The smallest absolute Gasteiger partial charge is 0.425 e. The number of hydrogen-bond acceptors (Lipinski definition) is 2. The van der Waals surface area contributed by atoms with Crippen molar-refractivity contribution in [2.75, 3.05) is 0 Å². The summed E-state index contributed by atoms with van der Waals surface area (Å²) in [5.74, 6) is 1.86. The molecule has 160 valence electrons. The molecule has 0 amide bonds. The van der Waals surface area contributed by atoms with Crippen LogP contribution in [0.25, 0.3) is 54.7 Å². The Morgan fingerprint density at radius 1 is 0.657 bits per heavy atom. The Balaban J connectivity index is 1.55. The topological polar surface area (TPSA) is 30.1 Å². The third kappa shape index (κ3) is 1.59. The van der Waals surface area contributed by atoms with Gasteiger partial charge in [-0.1, -0.05) is 6.07 Å². The molecule has 10 rings (SSSR count). The fraction of sp³-hybridized carbons (Fsp3) is 0.0323. The van der Waals surface area contributed by atoms with Gasteiger partial charge in [0.15, 0.2) is 23.5 Å². The lowest BCUT2D eigenvalue weighted by Crippen LogP contribution is -2.71. The highest BCUT2D eigenvalue weighted by molar-refractivity contribution is 6.27. The molecule has 0 saturated heterocycles. The number of fused-ring (bicyclic) bond motifs is 6. The molecule has 4 heteroatoms. The second kappa shape index (κ2) is 5.18. The molecule has 6 heterocycles. The van der Waals surface area contributed by atoms with E-state index < -0.39 is 5.66 Å². The molecule has 35 heavy (non-hydrogen) atoms. The Bertz CT molecular complexity index is 2160. The summed E-state index contributed by atoms with van der Waals surface area (Å²) in [6.07, 6.45) is 6.23. The van der Waals surface area contributed by atoms with Crippen molar-refractivity contribution in [3.8, 4) is 22.8 Å². The van der Waals surface area contributed by atoms with Crippen molar-refractivity contribution in [2.45, 2.75) is 5.66 Å². The second-order valence-corrected chi connectivity index (χ2v) is 9.77. The average molecular weight is 448 g/mol. The minimum Gasteiger partial charge on any atom is -0.464 e. The van der Waals surface area contributed by atoms with Gasteiger partial charge in [0.05, 0.1) is 22.6 Å². The lowest BCUT2D eigenvalue weighted by atomic mass is 9.85. The van der Waals surface area contributed by atoms with Crippen LogP contribution < -0.4 is 13.9 Å². The van der Waals surface area contributed by atoms with Crippen LogP contribution >= 0.6 is 0 Å². The number of nitrogens with zero attached hydrogens (tertiary/aromatic N) is 2. The van der Waals surface area contributed by atoms with Crippen LogP contribution in [-0.2, 0) is 5.66 Å². The Labute approximate surface area is 198 Å². The van der Waals surface area contributed by atoms with Crippen molar-refractivity contribution < 1.29 is 18.3 Å². The van der Waals surface area contributed by atoms with E-state index in [9.17, 15) is 0 Å². The molecule has 3 aliphatic rings. The Hall–Kier alpha value is -4.70. The molecule has 0 aliphatic carbocycles. The summed E-state index contributed by atoms with van der Waals surface area (Å²) in [5.41, 5.74) is 6.53. The van der Waals surface area contributed by atoms with E-state index in [1.54, 1.807) is 6.26 Å². The normalized spacial score (nSPS) is 18.1. The van der Waals surface area contributed by atoms with Crippen LogP contribution in [0.4, 0.5) is 0 Å². The Kier molecular flexibility index (Phi) is 2.49. The molecule has 4 nitrogen and oxygen atoms in total. The van der Waals surface area contributed by atoms with Gasteiger partial charge in [-0.25, -0.2) is 0 Å². The van der Waals surface area contributed by atoms with E-state index in [1.165, 1.54) is 54.8 Å². The van der Waals surface area contributed by atoms with E-state index in [1.807, 2.05) is 6.07 Å². The summed E-state index contributed by atoms with van der Waals surface area (Å²) in [5, 5.41) is 7.34. The Morgan fingerprint density at radius 2 is 1.57 bits per heavy atom. The van der Waals surface area contributed by atoms with Crippen LogP contribution in [0.15, 0.2) is 102 Å². The first-order chi connectivity index (χ1) is 17.4. The van der Waals surface area contributed by atoms with Gasteiger partial charge in [0, 0.05) is 23.6 Å². The zero-order valence-electron chi connectivity index (χ0n) is 18.4. The molecule has 7 aromatic rings. The first kappa shape index (κ1) is 16.8. The fourth-order valence-electron chi connectivity index (χ4n) is 7.17. The van der Waals surface area contributed by atoms with Crippen LogP contribution in [0.3, 0.4) is 0 Å². The third-order valence-electron chi connectivity index (χ3n) is 8.35. The van der Waals surface area contributed by atoms with Crippen molar-refractivity contribution in [3.05, 3.63) is 109 Å². The maximum absolute atomic E-state index is 6.64. The van der Waals surface area contributed by atoms with Gasteiger partial charge in [-0.05, 0) is 70.8 Å². The molecule has 3 aliphatic heterocycles. The second-order valence-electron chi connectivity index (χ2n) is 9.77. The number of rotatable bonds is 0. The summed E-state index contributed by atoms with van der Waals surface area (Å²) >= 11 is 0. The lowest BCUT2D eigenvalue weighted by molar-refractivity contribution is -0.950. The minimum absolute atomic E-state index is 0.520. The molecule has 0 N–H and O–H groups in total.